The minimum absolute atomic E-state index is 0.468. The van der Waals surface area contributed by atoms with Crippen LogP contribution in [-0.4, -0.2) is 34.8 Å². The molecule has 2 unspecified atom stereocenters. The van der Waals surface area contributed by atoms with Gasteiger partial charge in [-0.1, -0.05) is 58.7 Å². The number of hydrogen-bond acceptors (Lipinski definition) is 4. The largest absolute Gasteiger partial charge is 0.653 e. The predicted octanol–water partition coefficient (Wildman–Crippen LogP) is 6.79. The summed E-state index contributed by atoms with van der Waals surface area (Å²) in [6.45, 7) is 16.0. The number of hydrogen-bond donors (Lipinski definition) is 0. The summed E-state index contributed by atoms with van der Waals surface area (Å²) in [5.74, 6) is 3.22. The Kier molecular flexibility index (Phi) is 9.23. The van der Waals surface area contributed by atoms with Gasteiger partial charge in [0.1, 0.15) is 0 Å². The first-order chi connectivity index (χ1) is 15.9. The highest BCUT2D eigenvalue weighted by molar-refractivity contribution is 6.00. The highest BCUT2D eigenvalue weighted by Gasteiger charge is 2.14. The molecule has 0 fully saturated rings. The standard InChI is InChI=1S/C28H33NO3.Al/c1-6-19(3)17-31-27-14-12-23(16-28(27)32-18-20(4)7-2)22-11-13-26(30)24(15-22)25-10-8-9-21(5)29-25;/h5,8-16,19-20,30H,6-7,17-18H2,1-4H3;/q;+1/p-1. The molecule has 4 nitrogen and oxygen atoms in total. The zero-order chi connectivity index (χ0) is 23.8. The Morgan fingerprint density at radius 2 is 1.42 bits per heavy atom. The van der Waals surface area contributed by atoms with Gasteiger partial charge in [-0.25, -0.2) is 0 Å². The van der Waals surface area contributed by atoms with Crippen molar-refractivity contribution in [3.05, 3.63) is 67.2 Å². The van der Waals surface area contributed by atoms with Crippen molar-refractivity contribution >= 4 is 16.6 Å². The summed E-state index contributed by atoms with van der Waals surface area (Å²) < 4.78 is 17.8. The van der Waals surface area contributed by atoms with Crippen LogP contribution in [0.4, 0.5) is 0 Å². The SMILES string of the molecule is [CH]c1cccc(-c2cc(-c3ccc(OCC(C)CC)c(OCC(C)CC)c3)ccc2[O][Al])n1. The van der Waals surface area contributed by atoms with Crippen LogP contribution in [0.1, 0.15) is 46.2 Å². The lowest BCUT2D eigenvalue weighted by atomic mass is 10.00. The van der Waals surface area contributed by atoms with Crippen molar-refractivity contribution in [2.75, 3.05) is 13.2 Å². The molecule has 0 amide bonds. The van der Waals surface area contributed by atoms with Crippen molar-refractivity contribution in [3.8, 4) is 39.6 Å². The van der Waals surface area contributed by atoms with E-state index in [0.717, 1.165) is 46.7 Å². The summed E-state index contributed by atoms with van der Waals surface area (Å²) in [5.41, 5.74) is 4.16. The zero-order valence-corrected chi connectivity index (χ0v) is 21.2. The molecule has 33 heavy (non-hydrogen) atoms. The van der Waals surface area contributed by atoms with Gasteiger partial charge in [0.05, 0.1) is 24.7 Å². The minimum atomic E-state index is 0.468. The molecular weight excluding hydrogens is 425 g/mol. The quantitative estimate of drug-likeness (QED) is 0.297. The molecular formula is C28H32AlNO3. The Labute approximate surface area is 207 Å². The summed E-state index contributed by atoms with van der Waals surface area (Å²) in [6, 6.07) is 17.7. The second-order valence-corrected chi connectivity index (χ2v) is 8.82. The van der Waals surface area contributed by atoms with Gasteiger partial charge < -0.3 is 13.3 Å². The van der Waals surface area contributed by atoms with Gasteiger partial charge in [-0.15, -0.1) is 0 Å². The van der Waals surface area contributed by atoms with Crippen LogP contribution < -0.4 is 13.3 Å². The van der Waals surface area contributed by atoms with Crippen molar-refractivity contribution in [2.24, 2.45) is 11.8 Å². The summed E-state index contributed by atoms with van der Waals surface area (Å²) in [4.78, 5) is 4.47. The molecule has 0 aliphatic heterocycles. The average molecular weight is 458 g/mol. The van der Waals surface area contributed by atoms with E-state index in [1.165, 1.54) is 0 Å². The fourth-order valence-electron chi connectivity index (χ4n) is 3.23. The Hall–Kier alpha value is -2.48. The van der Waals surface area contributed by atoms with E-state index >= 15 is 0 Å². The molecule has 0 N–H and O–H groups in total. The van der Waals surface area contributed by atoms with Crippen LogP contribution in [0.2, 0.25) is 0 Å². The van der Waals surface area contributed by atoms with Gasteiger partial charge in [0.2, 0.25) is 0 Å². The molecule has 0 saturated carbocycles. The Morgan fingerprint density at radius 1 is 0.818 bits per heavy atom. The van der Waals surface area contributed by atoms with Crippen LogP contribution >= 0.6 is 0 Å². The van der Waals surface area contributed by atoms with Crippen molar-refractivity contribution in [2.45, 2.75) is 40.5 Å². The Balaban J connectivity index is 1.98. The lowest BCUT2D eigenvalue weighted by Gasteiger charge is -2.18. The number of rotatable bonds is 11. The van der Waals surface area contributed by atoms with Gasteiger partial charge in [-0.3, -0.25) is 4.98 Å². The summed E-state index contributed by atoms with van der Waals surface area (Å²) in [7, 11) is 0. The molecule has 0 saturated heterocycles. The number of pyridine rings is 1. The van der Waals surface area contributed by atoms with Crippen LogP contribution in [0.15, 0.2) is 54.6 Å². The fraction of sp³-hybridized carbons (Fsp3) is 0.357. The van der Waals surface area contributed by atoms with Gasteiger partial charge in [0, 0.05) is 18.2 Å². The maximum atomic E-state index is 6.21. The first kappa shape index (κ1) is 25.2. The van der Waals surface area contributed by atoms with E-state index < -0.39 is 0 Å². The molecule has 4 radical (unpaired) electrons. The maximum absolute atomic E-state index is 6.21. The molecule has 1 heterocycles. The maximum Gasteiger partial charge on any atom is 0.482 e. The van der Waals surface area contributed by atoms with Crippen LogP contribution in [-0.2, 0) is 0 Å². The molecule has 1 aromatic heterocycles. The van der Waals surface area contributed by atoms with Gasteiger partial charge in [-0.05, 0) is 59.4 Å². The summed E-state index contributed by atoms with van der Waals surface area (Å²) in [5, 5.41) is 0. The van der Waals surface area contributed by atoms with Gasteiger partial charge in [-0.2, -0.15) is 0 Å². The lowest BCUT2D eigenvalue weighted by molar-refractivity contribution is 0.218. The molecule has 2 aromatic carbocycles. The third-order valence-corrected chi connectivity index (χ3v) is 6.12. The van der Waals surface area contributed by atoms with Crippen molar-refractivity contribution in [3.63, 3.8) is 0 Å². The zero-order valence-electron chi connectivity index (χ0n) is 20.0. The van der Waals surface area contributed by atoms with Crippen LogP contribution in [0.3, 0.4) is 0 Å². The summed E-state index contributed by atoms with van der Waals surface area (Å²) >= 11 is 2.30. The number of benzene rings is 2. The van der Waals surface area contributed by atoms with E-state index in [9.17, 15) is 0 Å². The van der Waals surface area contributed by atoms with E-state index in [1.807, 2.05) is 30.3 Å². The average Bonchev–Trinajstić information content (AvgIpc) is 2.85. The number of ether oxygens (including phenoxy) is 2. The third kappa shape index (κ3) is 6.76. The van der Waals surface area contributed by atoms with E-state index in [-0.39, 0.29) is 0 Å². The summed E-state index contributed by atoms with van der Waals surface area (Å²) in [6.07, 6.45) is 2.14. The fourth-order valence-corrected chi connectivity index (χ4v) is 3.44. The van der Waals surface area contributed by atoms with Gasteiger partial charge >= 0.3 is 16.6 Å². The Bertz CT molecular complexity index is 1050. The third-order valence-electron chi connectivity index (χ3n) is 5.87. The second kappa shape index (κ2) is 12.1. The first-order valence-electron chi connectivity index (χ1n) is 11.6. The molecule has 0 spiro atoms. The smallest absolute Gasteiger partial charge is 0.482 e. The predicted molar refractivity (Wildman–Crippen MR) is 135 cm³/mol. The highest BCUT2D eigenvalue weighted by atomic mass is 27.1. The topological polar surface area (TPSA) is 40.6 Å². The van der Waals surface area contributed by atoms with E-state index in [2.05, 4.69) is 67.5 Å². The first-order valence-corrected chi connectivity index (χ1v) is 12.1. The normalized spacial score (nSPS) is 12.8. The van der Waals surface area contributed by atoms with Crippen LogP contribution in [0.5, 0.6) is 17.2 Å². The van der Waals surface area contributed by atoms with Gasteiger partial charge in [0.15, 0.2) is 11.5 Å². The van der Waals surface area contributed by atoms with Crippen molar-refractivity contribution < 1.29 is 13.3 Å². The minimum Gasteiger partial charge on any atom is -0.653 e. The lowest BCUT2D eigenvalue weighted by Crippen LogP contribution is -2.11. The molecule has 0 bridgehead atoms. The van der Waals surface area contributed by atoms with Crippen molar-refractivity contribution in [1.29, 1.82) is 0 Å². The van der Waals surface area contributed by atoms with Gasteiger partial charge in [0.25, 0.3) is 0 Å². The second-order valence-electron chi connectivity index (χ2n) is 8.59. The van der Waals surface area contributed by atoms with Crippen LogP contribution in [0.25, 0.3) is 22.4 Å². The van der Waals surface area contributed by atoms with E-state index in [0.29, 0.717) is 36.5 Å². The molecule has 0 aliphatic carbocycles. The van der Waals surface area contributed by atoms with E-state index in [1.54, 1.807) is 6.07 Å². The Morgan fingerprint density at radius 3 is 2.03 bits per heavy atom. The van der Waals surface area contributed by atoms with E-state index in [4.69, 9.17) is 20.2 Å². The molecule has 2 atom stereocenters. The molecule has 170 valence electrons. The molecule has 3 rings (SSSR count). The van der Waals surface area contributed by atoms with Crippen molar-refractivity contribution in [1.82, 2.24) is 4.98 Å². The van der Waals surface area contributed by atoms with Crippen LogP contribution in [0, 0.1) is 18.8 Å². The molecule has 3 aromatic rings. The molecule has 0 aliphatic rings. The number of nitrogens with zero attached hydrogens (tertiary/aromatic N) is 1. The monoisotopic (exact) mass is 457 g/mol. The molecule has 5 heteroatoms. The highest BCUT2D eigenvalue weighted by Crippen LogP contribution is 2.37. The number of aromatic nitrogens is 1.